The van der Waals surface area contributed by atoms with Crippen LogP contribution in [0.25, 0.3) is 10.9 Å². The number of ether oxygens (including phenoxy) is 2. The summed E-state index contributed by atoms with van der Waals surface area (Å²) in [5, 5.41) is 0.883. The van der Waals surface area contributed by atoms with Crippen LogP contribution in [-0.2, 0) is 4.57 Å². The first-order valence-corrected chi connectivity index (χ1v) is 10.1. The summed E-state index contributed by atoms with van der Waals surface area (Å²) in [5.41, 5.74) is 0.775. The van der Waals surface area contributed by atoms with Crippen molar-refractivity contribution in [1.82, 2.24) is 14.9 Å². The van der Waals surface area contributed by atoms with Gasteiger partial charge in [0.25, 0.3) is 0 Å². The Morgan fingerprint density at radius 3 is 2.35 bits per heavy atom. The van der Waals surface area contributed by atoms with Gasteiger partial charge in [0.05, 0.1) is 25.9 Å². The van der Waals surface area contributed by atoms with Crippen LogP contribution in [0.2, 0.25) is 0 Å². The lowest BCUT2D eigenvalue weighted by Gasteiger charge is -2.35. The molecule has 1 aromatic heterocycles. The smallest absolute Gasteiger partial charge is 0.326 e. The molecule has 0 unspecified atom stereocenters. The number of aromatic nitrogens is 2. The molecule has 9 nitrogen and oxygen atoms in total. The molecule has 142 valence electrons. The minimum Gasteiger partial charge on any atom is -0.493 e. The molecule has 2 N–H and O–H groups in total. The van der Waals surface area contributed by atoms with Crippen LogP contribution in [0.1, 0.15) is 0 Å². The van der Waals surface area contributed by atoms with E-state index in [0.717, 1.165) is 42.9 Å². The number of methoxy groups -OCH3 is 2. The Morgan fingerprint density at radius 1 is 1.08 bits per heavy atom. The Kier molecular flexibility index (Phi) is 5.62. The molecule has 1 saturated heterocycles. The summed E-state index contributed by atoms with van der Waals surface area (Å²) in [7, 11) is -0.781. The zero-order valence-electron chi connectivity index (χ0n) is 14.8. The van der Waals surface area contributed by atoms with Gasteiger partial charge in [-0.1, -0.05) is 0 Å². The molecule has 0 atom stereocenters. The number of hydrogen-bond donors (Lipinski definition) is 2. The summed E-state index contributed by atoms with van der Waals surface area (Å²) in [6, 6.07) is 3.71. The molecule has 10 heteroatoms. The highest BCUT2D eigenvalue weighted by Crippen LogP contribution is 2.35. The maximum absolute atomic E-state index is 11.0. The number of rotatable bonds is 6. The summed E-state index contributed by atoms with van der Waals surface area (Å²) < 4.78 is 21.8. The van der Waals surface area contributed by atoms with E-state index < -0.39 is 7.60 Å². The van der Waals surface area contributed by atoms with E-state index in [2.05, 4.69) is 19.8 Å². The molecule has 1 aliphatic heterocycles. The van der Waals surface area contributed by atoms with Crippen molar-refractivity contribution in [3.63, 3.8) is 0 Å². The second-order valence-corrected chi connectivity index (χ2v) is 7.92. The van der Waals surface area contributed by atoms with E-state index in [1.54, 1.807) is 14.2 Å². The van der Waals surface area contributed by atoms with Crippen LogP contribution in [0.15, 0.2) is 18.5 Å². The van der Waals surface area contributed by atoms with Crippen LogP contribution in [-0.4, -0.2) is 77.8 Å². The monoisotopic (exact) mass is 382 g/mol. The molecule has 0 radical (unpaired) electrons. The van der Waals surface area contributed by atoms with Crippen molar-refractivity contribution >= 4 is 24.3 Å². The van der Waals surface area contributed by atoms with E-state index in [0.29, 0.717) is 18.0 Å². The Hall–Kier alpha value is -1.93. The van der Waals surface area contributed by atoms with Crippen molar-refractivity contribution < 1.29 is 23.8 Å². The van der Waals surface area contributed by atoms with E-state index in [4.69, 9.17) is 19.3 Å². The Bertz CT molecular complexity index is 820. The first-order valence-electron chi connectivity index (χ1n) is 8.30. The van der Waals surface area contributed by atoms with E-state index >= 15 is 0 Å². The minimum atomic E-state index is -3.96. The van der Waals surface area contributed by atoms with Crippen molar-refractivity contribution in [3.05, 3.63) is 18.5 Å². The highest BCUT2D eigenvalue weighted by molar-refractivity contribution is 7.51. The molecule has 26 heavy (non-hydrogen) atoms. The van der Waals surface area contributed by atoms with Gasteiger partial charge >= 0.3 is 7.60 Å². The molecular weight excluding hydrogens is 359 g/mol. The SMILES string of the molecule is COc1cc2ncnc(N3CCN(CCP(=O)(O)O)CC3)c2cc1OC. The second-order valence-electron chi connectivity index (χ2n) is 6.14. The van der Waals surface area contributed by atoms with Crippen LogP contribution in [0.3, 0.4) is 0 Å². The van der Waals surface area contributed by atoms with Gasteiger partial charge in [-0.05, 0) is 6.07 Å². The molecule has 0 amide bonds. The molecule has 1 aromatic carbocycles. The fraction of sp³-hybridized carbons (Fsp3) is 0.500. The van der Waals surface area contributed by atoms with Crippen LogP contribution in [0.5, 0.6) is 11.5 Å². The molecule has 1 fully saturated rings. The molecule has 0 bridgehead atoms. The van der Waals surface area contributed by atoms with E-state index in [-0.39, 0.29) is 6.16 Å². The van der Waals surface area contributed by atoms with Crippen LogP contribution >= 0.6 is 7.60 Å². The van der Waals surface area contributed by atoms with Crippen molar-refractivity contribution in [1.29, 1.82) is 0 Å². The van der Waals surface area contributed by atoms with Crippen molar-refractivity contribution in [2.75, 3.05) is 58.0 Å². The fourth-order valence-corrected chi connectivity index (χ4v) is 3.62. The first-order chi connectivity index (χ1) is 12.4. The Morgan fingerprint density at radius 2 is 1.73 bits per heavy atom. The lowest BCUT2D eigenvalue weighted by Crippen LogP contribution is -2.47. The molecule has 0 saturated carbocycles. The molecule has 1 aliphatic rings. The third-order valence-electron chi connectivity index (χ3n) is 4.50. The maximum Gasteiger partial charge on any atom is 0.326 e. The predicted octanol–water partition coefficient (Wildman–Crippen LogP) is 0.947. The van der Waals surface area contributed by atoms with Gasteiger partial charge in [0.15, 0.2) is 11.5 Å². The zero-order chi connectivity index (χ0) is 18.7. The van der Waals surface area contributed by atoms with Gasteiger partial charge in [0, 0.05) is 44.2 Å². The summed E-state index contributed by atoms with van der Waals surface area (Å²) in [5.74, 6) is 2.06. The zero-order valence-corrected chi connectivity index (χ0v) is 15.7. The Labute approximate surface area is 151 Å². The van der Waals surface area contributed by atoms with Gasteiger partial charge in [0.1, 0.15) is 12.1 Å². The van der Waals surface area contributed by atoms with Gasteiger partial charge in [-0.3, -0.25) is 9.46 Å². The summed E-state index contributed by atoms with van der Waals surface area (Å²) in [4.78, 5) is 31.0. The van der Waals surface area contributed by atoms with Crippen LogP contribution in [0, 0.1) is 0 Å². The molecule has 2 heterocycles. The number of nitrogens with zero attached hydrogens (tertiary/aromatic N) is 4. The number of benzene rings is 1. The van der Waals surface area contributed by atoms with E-state index in [9.17, 15) is 4.57 Å². The maximum atomic E-state index is 11.0. The van der Waals surface area contributed by atoms with Crippen molar-refractivity contribution in [2.45, 2.75) is 0 Å². The number of piperazine rings is 1. The van der Waals surface area contributed by atoms with Gasteiger partial charge < -0.3 is 24.2 Å². The standard InChI is InChI=1S/C16H23N4O5P/c1-24-14-9-12-13(10-15(14)25-2)17-11-18-16(12)20-5-3-19(4-6-20)7-8-26(21,22)23/h9-11H,3-8H2,1-2H3,(H2,21,22,23). The lowest BCUT2D eigenvalue weighted by atomic mass is 10.2. The molecular formula is C16H23N4O5P. The molecule has 0 aliphatic carbocycles. The lowest BCUT2D eigenvalue weighted by molar-refractivity contribution is 0.264. The number of anilines is 1. The van der Waals surface area contributed by atoms with E-state index in [1.807, 2.05) is 12.1 Å². The average Bonchev–Trinajstić information content (AvgIpc) is 2.64. The largest absolute Gasteiger partial charge is 0.493 e. The molecule has 0 spiro atoms. The molecule has 2 aromatic rings. The average molecular weight is 382 g/mol. The van der Waals surface area contributed by atoms with Crippen molar-refractivity contribution in [2.24, 2.45) is 0 Å². The van der Waals surface area contributed by atoms with Gasteiger partial charge in [-0.2, -0.15) is 0 Å². The number of fused-ring (bicyclic) bond motifs is 1. The number of hydrogen-bond acceptors (Lipinski definition) is 7. The quantitative estimate of drug-likeness (QED) is 0.706. The topological polar surface area (TPSA) is 108 Å². The predicted molar refractivity (Wildman–Crippen MR) is 98.2 cm³/mol. The summed E-state index contributed by atoms with van der Waals surface area (Å²) in [6.45, 7) is 3.29. The third-order valence-corrected chi connectivity index (χ3v) is 5.28. The van der Waals surface area contributed by atoms with Crippen LogP contribution in [0.4, 0.5) is 5.82 Å². The van der Waals surface area contributed by atoms with Gasteiger partial charge in [-0.15, -0.1) is 0 Å². The Balaban J connectivity index is 1.78. The van der Waals surface area contributed by atoms with Crippen LogP contribution < -0.4 is 14.4 Å². The highest BCUT2D eigenvalue weighted by Gasteiger charge is 2.23. The van der Waals surface area contributed by atoms with Gasteiger partial charge in [-0.25, -0.2) is 9.97 Å². The second kappa shape index (κ2) is 7.75. The summed E-state index contributed by atoms with van der Waals surface area (Å²) >= 11 is 0. The van der Waals surface area contributed by atoms with Crippen molar-refractivity contribution in [3.8, 4) is 11.5 Å². The first kappa shape index (κ1) is 18.8. The normalized spacial score (nSPS) is 16.1. The summed E-state index contributed by atoms with van der Waals surface area (Å²) in [6.07, 6.45) is 1.42. The van der Waals surface area contributed by atoms with E-state index in [1.165, 1.54) is 6.33 Å². The highest BCUT2D eigenvalue weighted by atomic mass is 31.2. The fourth-order valence-electron chi connectivity index (χ4n) is 3.08. The minimum absolute atomic E-state index is 0.111. The molecule has 3 rings (SSSR count). The van der Waals surface area contributed by atoms with Gasteiger partial charge in [0.2, 0.25) is 0 Å². The third kappa shape index (κ3) is 4.24.